The second kappa shape index (κ2) is 3.64. The molecular formula is C11H9ClN4. The summed E-state index contributed by atoms with van der Waals surface area (Å²) >= 11 is 5.97. The van der Waals surface area contributed by atoms with Gasteiger partial charge in [-0.05, 0) is 18.2 Å². The summed E-state index contributed by atoms with van der Waals surface area (Å²) < 4.78 is 3.70. The SMILES string of the molecule is ClCc1c(-n2cccn2)nc2ccccn12. The molecule has 0 atom stereocenters. The molecule has 0 aliphatic carbocycles. The Morgan fingerprint density at radius 1 is 1.19 bits per heavy atom. The first kappa shape index (κ1) is 9.42. The molecule has 0 saturated carbocycles. The molecule has 3 rings (SSSR count). The molecule has 0 aliphatic rings. The number of imidazole rings is 1. The van der Waals surface area contributed by atoms with Gasteiger partial charge in [0, 0.05) is 18.6 Å². The van der Waals surface area contributed by atoms with Crippen LogP contribution in [0.2, 0.25) is 0 Å². The predicted octanol–water partition coefficient (Wildman–Crippen LogP) is 2.26. The van der Waals surface area contributed by atoms with E-state index in [-0.39, 0.29) is 0 Å². The lowest BCUT2D eigenvalue weighted by Gasteiger charge is -1.99. The Morgan fingerprint density at radius 2 is 2.12 bits per heavy atom. The van der Waals surface area contributed by atoms with E-state index in [1.807, 2.05) is 41.1 Å². The number of hydrogen-bond donors (Lipinski definition) is 0. The number of pyridine rings is 1. The molecule has 80 valence electrons. The van der Waals surface area contributed by atoms with Crippen molar-refractivity contribution in [2.24, 2.45) is 0 Å². The van der Waals surface area contributed by atoms with Gasteiger partial charge in [0.2, 0.25) is 0 Å². The number of fused-ring (bicyclic) bond motifs is 1. The minimum Gasteiger partial charge on any atom is -0.301 e. The van der Waals surface area contributed by atoms with Crippen molar-refractivity contribution < 1.29 is 0 Å². The van der Waals surface area contributed by atoms with Gasteiger partial charge in [-0.15, -0.1) is 11.6 Å². The molecular weight excluding hydrogens is 224 g/mol. The maximum absolute atomic E-state index is 5.97. The molecule has 5 heteroatoms. The third-order valence-corrected chi connectivity index (χ3v) is 2.71. The molecule has 0 saturated heterocycles. The first-order valence-corrected chi connectivity index (χ1v) is 5.45. The minimum atomic E-state index is 0.403. The fraction of sp³-hybridized carbons (Fsp3) is 0.0909. The summed E-state index contributed by atoms with van der Waals surface area (Å²) in [7, 11) is 0. The van der Waals surface area contributed by atoms with Crippen molar-refractivity contribution >= 4 is 17.2 Å². The first-order chi connectivity index (χ1) is 7.90. The zero-order valence-corrected chi connectivity index (χ0v) is 9.17. The summed E-state index contributed by atoms with van der Waals surface area (Å²) in [5.41, 5.74) is 1.82. The molecule has 0 N–H and O–H groups in total. The molecule has 0 unspecified atom stereocenters. The topological polar surface area (TPSA) is 35.1 Å². The summed E-state index contributed by atoms with van der Waals surface area (Å²) in [4.78, 5) is 4.50. The number of nitrogens with zero attached hydrogens (tertiary/aromatic N) is 4. The lowest BCUT2D eigenvalue weighted by Crippen LogP contribution is -1.99. The molecule has 0 radical (unpaired) electrons. The van der Waals surface area contributed by atoms with Gasteiger partial charge < -0.3 is 4.40 Å². The molecule has 0 aliphatic heterocycles. The van der Waals surface area contributed by atoms with E-state index >= 15 is 0 Å². The Balaban J connectivity index is 2.32. The zero-order chi connectivity index (χ0) is 11.0. The number of rotatable bonds is 2. The highest BCUT2D eigenvalue weighted by atomic mass is 35.5. The fourth-order valence-corrected chi connectivity index (χ4v) is 1.98. The second-order valence-corrected chi connectivity index (χ2v) is 3.66. The van der Waals surface area contributed by atoms with Gasteiger partial charge in [0.05, 0.1) is 11.6 Å². The summed E-state index contributed by atoms with van der Waals surface area (Å²) in [6, 6.07) is 7.72. The lowest BCUT2D eigenvalue weighted by atomic mass is 10.4. The minimum absolute atomic E-state index is 0.403. The average molecular weight is 233 g/mol. The quantitative estimate of drug-likeness (QED) is 0.636. The maximum atomic E-state index is 5.97. The number of aromatic nitrogens is 4. The molecule has 3 aromatic rings. The van der Waals surface area contributed by atoms with Crippen molar-refractivity contribution in [2.45, 2.75) is 5.88 Å². The van der Waals surface area contributed by atoms with Crippen molar-refractivity contribution in [1.29, 1.82) is 0 Å². The normalized spacial score (nSPS) is 11.1. The van der Waals surface area contributed by atoms with Crippen LogP contribution < -0.4 is 0 Å². The highest BCUT2D eigenvalue weighted by molar-refractivity contribution is 6.17. The Kier molecular flexibility index (Phi) is 2.15. The van der Waals surface area contributed by atoms with Gasteiger partial charge in [0.25, 0.3) is 0 Å². The van der Waals surface area contributed by atoms with Gasteiger partial charge in [0.1, 0.15) is 5.65 Å². The standard InChI is InChI=1S/C11H9ClN4/c12-8-9-11(16-7-3-5-13-16)14-10-4-1-2-6-15(9)10/h1-7H,8H2. The van der Waals surface area contributed by atoms with Crippen LogP contribution in [0.15, 0.2) is 42.9 Å². The zero-order valence-electron chi connectivity index (χ0n) is 8.42. The predicted molar refractivity (Wildman–Crippen MR) is 61.9 cm³/mol. The molecule has 0 amide bonds. The van der Waals surface area contributed by atoms with Crippen LogP contribution in [0.1, 0.15) is 5.69 Å². The molecule has 4 nitrogen and oxygen atoms in total. The van der Waals surface area contributed by atoms with Gasteiger partial charge >= 0.3 is 0 Å². The van der Waals surface area contributed by atoms with Crippen LogP contribution in [0, 0.1) is 0 Å². The van der Waals surface area contributed by atoms with Crippen LogP contribution in [0.4, 0.5) is 0 Å². The number of alkyl halides is 1. The molecule has 3 heterocycles. The molecule has 0 bridgehead atoms. The highest BCUT2D eigenvalue weighted by Gasteiger charge is 2.12. The maximum Gasteiger partial charge on any atom is 0.176 e. The van der Waals surface area contributed by atoms with Crippen LogP contribution in [-0.2, 0) is 5.88 Å². The number of halogens is 1. The van der Waals surface area contributed by atoms with Gasteiger partial charge in [-0.2, -0.15) is 5.10 Å². The van der Waals surface area contributed by atoms with Crippen LogP contribution in [0.5, 0.6) is 0 Å². The Bertz CT molecular complexity index is 612. The first-order valence-electron chi connectivity index (χ1n) is 4.92. The van der Waals surface area contributed by atoms with Gasteiger partial charge in [0.15, 0.2) is 5.82 Å². The van der Waals surface area contributed by atoms with Crippen molar-refractivity contribution in [1.82, 2.24) is 19.2 Å². The van der Waals surface area contributed by atoms with Gasteiger partial charge in [-0.1, -0.05) is 6.07 Å². The third kappa shape index (κ3) is 1.31. The molecule has 0 spiro atoms. The van der Waals surface area contributed by atoms with E-state index in [0.29, 0.717) is 5.88 Å². The van der Waals surface area contributed by atoms with E-state index in [4.69, 9.17) is 11.6 Å². The highest BCUT2D eigenvalue weighted by Crippen LogP contribution is 2.17. The van der Waals surface area contributed by atoms with Crippen molar-refractivity contribution in [3.8, 4) is 5.82 Å². The number of hydrogen-bond acceptors (Lipinski definition) is 2. The summed E-state index contributed by atoms with van der Waals surface area (Å²) in [5, 5.41) is 4.17. The molecule has 16 heavy (non-hydrogen) atoms. The monoisotopic (exact) mass is 232 g/mol. The van der Waals surface area contributed by atoms with Crippen molar-refractivity contribution in [2.75, 3.05) is 0 Å². The average Bonchev–Trinajstić information content (AvgIpc) is 2.95. The van der Waals surface area contributed by atoms with Gasteiger partial charge in [-0.3, -0.25) is 0 Å². The van der Waals surface area contributed by atoms with Gasteiger partial charge in [-0.25, -0.2) is 9.67 Å². The van der Waals surface area contributed by atoms with E-state index < -0.39 is 0 Å². The van der Waals surface area contributed by atoms with E-state index in [1.54, 1.807) is 10.9 Å². The van der Waals surface area contributed by atoms with Crippen molar-refractivity contribution in [3.63, 3.8) is 0 Å². The van der Waals surface area contributed by atoms with Crippen LogP contribution in [-0.4, -0.2) is 19.2 Å². The van der Waals surface area contributed by atoms with E-state index in [1.165, 1.54) is 0 Å². The molecule has 3 aromatic heterocycles. The third-order valence-electron chi connectivity index (χ3n) is 2.46. The molecule has 0 fully saturated rings. The largest absolute Gasteiger partial charge is 0.301 e. The van der Waals surface area contributed by atoms with E-state index in [0.717, 1.165) is 17.2 Å². The summed E-state index contributed by atoms with van der Waals surface area (Å²) in [6.07, 6.45) is 5.53. The lowest BCUT2D eigenvalue weighted by molar-refractivity contribution is 0.843. The summed E-state index contributed by atoms with van der Waals surface area (Å²) in [5.74, 6) is 1.19. The Morgan fingerprint density at radius 3 is 2.88 bits per heavy atom. The molecule has 0 aromatic carbocycles. The summed E-state index contributed by atoms with van der Waals surface area (Å²) in [6.45, 7) is 0. The Labute approximate surface area is 97.1 Å². The van der Waals surface area contributed by atoms with E-state index in [2.05, 4.69) is 10.1 Å². The second-order valence-electron chi connectivity index (χ2n) is 3.40. The van der Waals surface area contributed by atoms with Crippen LogP contribution >= 0.6 is 11.6 Å². The van der Waals surface area contributed by atoms with Crippen molar-refractivity contribution in [3.05, 3.63) is 48.5 Å². The fourth-order valence-electron chi connectivity index (χ4n) is 1.74. The van der Waals surface area contributed by atoms with E-state index in [9.17, 15) is 0 Å². The van der Waals surface area contributed by atoms with Crippen LogP contribution in [0.25, 0.3) is 11.5 Å². The van der Waals surface area contributed by atoms with Crippen LogP contribution in [0.3, 0.4) is 0 Å². The smallest absolute Gasteiger partial charge is 0.176 e. The Hall–Kier alpha value is -1.81.